The number of Topliss-reactive ketones (excluding diaryl/α,β-unsaturated/α-hetero) is 1. The summed E-state index contributed by atoms with van der Waals surface area (Å²) in [6, 6.07) is 12.0. The van der Waals surface area contributed by atoms with Gasteiger partial charge in [-0.1, -0.05) is 23.8 Å². The predicted molar refractivity (Wildman–Crippen MR) is 79.6 cm³/mol. The van der Waals surface area contributed by atoms with Crippen LogP contribution in [0.5, 0.6) is 5.75 Å². The lowest BCUT2D eigenvalue weighted by atomic mass is 9.96. The summed E-state index contributed by atoms with van der Waals surface area (Å²) in [4.78, 5) is 12.4. The lowest BCUT2D eigenvalue weighted by molar-refractivity contribution is 0.0992. The minimum absolute atomic E-state index is 0.174. The molecule has 2 heteroatoms. The number of fused-ring (bicyclic) bond motifs is 1. The molecule has 2 nitrogen and oxygen atoms in total. The first-order chi connectivity index (χ1) is 9.63. The first-order valence-electron chi connectivity index (χ1n) is 6.98. The fourth-order valence-corrected chi connectivity index (χ4v) is 2.63. The van der Waals surface area contributed by atoms with E-state index in [1.54, 1.807) is 0 Å². The van der Waals surface area contributed by atoms with Crippen molar-refractivity contribution in [1.29, 1.82) is 0 Å². The molecule has 0 atom stereocenters. The maximum atomic E-state index is 12.4. The second-order valence-corrected chi connectivity index (χ2v) is 5.45. The fourth-order valence-electron chi connectivity index (χ4n) is 2.63. The Kier molecular flexibility index (Phi) is 3.31. The molecule has 0 aliphatic carbocycles. The fraction of sp³-hybridized carbons (Fsp3) is 0.278. The average molecular weight is 266 g/mol. The standard InChI is InChI=1S/C18H18O2/c1-12-3-4-13(2)16(9-12)11-17(19)14-5-6-18-15(10-14)7-8-20-18/h3-6,9-10H,7-8,11H2,1-2H3. The number of ether oxygens (including phenoxy) is 1. The van der Waals surface area contributed by atoms with E-state index in [1.165, 1.54) is 11.1 Å². The number of aryl methyl sites for hydroxylation is 2. The Labute approximate surface area is 119 Å². The molecule has 2 aromatic carbocycles. The third kappa shape index (κ3) is 2.46. The van der Waals surface area contributed by atoms with Gasteiger partial charge in [0.25, 0.3) is 0 Å². The second kappa shape index (κ2) is 5.12. The average Bonchev–Trinajstić information content (AvgIpc) is 2.90. The van der Waals surface area contributed by atoms with Crippen molar-refractivity contribution in [2.45, 2.75) is 26.7 Å². The maximum absolute atomic E-state index is 12.4. The zero-order chi connectivity index (χ0) is 14.1. The van der Waals surface area contributed by atoms with Gasteiger partial charge >= 0.3 is 0 Å². The van der Waals surface area contributed by atoms with Gasteiger partial charge in [0.2, 0.25) is 0 Å². The normalized spacial score (nSPS) is 12.9. The summed E-state index contributed by atoms with van der Waals surface area (Å²) >= 11 is 0. The van der Waals surface area contributed by atoms with Gasteiger partial charge in [-0.05, 0) is 48.7 Å². The van der Waals surface area contributed by atoms with Crippen LogP contribution in [-0.4, -0.2) is 12.4 Å². The van der Waals surface area contributed by atoms with Crippen molar-refractivity contribution in [3.63, 3.8) is 0 Å². The molecule has 0 unspecified atom stereocenters. The summed E-state index contributed by atoms with van der Waals surface area (Å²) < 4.78 is 5.47. The van der Waals surface area contributed by atoms with Crippen molar-refractivity contribution in [2.75, 3.05) is 6.61 Å². The molecular formula is C18H18O2. The lowest BCUT2D eigenvalue weighted by Gasteiger charge is -2.07. The highest BCUT2D eigenvalue weighted by atomic mass is 16.5. The molecule has 0 saturated heterocycles. The summed E-state index contributed by atoms with van der Waals surface area (Å²) in [6.45, 7) is 4.84. The van der Waals surface area contributed by atoms with Crippen molar-refractivity contribution >= 4 is 5.78 Å². The molecular weight excluding hydrogens is 248 g/mol. The van der Waals surface area contributed by atoms with Gasteiger partial charge in [0.1, 0.15) is 5.75 Å². The number of rotatable bonds is 3. The minimum Gasteiger partial charge on any atom is -0.493 e. The van der Waals surface area contributed by atoms with Gasteiger partial charge in [0.05, 0.1) is 6.61 Å². The van der Waals surface area contributed by atoms with Crippen molar-refractivity contribution in [1.82, 2.24) is 0 Å². The van der Waals surface area contributed by atoms with Crippen LogP contribution < -0.4 is 4.74 Å². The van der Waals surface area contributed by atoms with Crippen molar-refractivity contribution < 1.29 is 9.53 Å². The molecule has 0 bridgehead atoms. The summed E-state index contributed by atoms with van der Waals surface area (Å²) in [5, 5.41) is 0. The molecule has 0 amide bonds. The number of carbonyl (C=O) groups is 1. The second-order valence-electron chi connectivity index (χ2n) is 5.45. The number of ketones is 1. The van der Waals surface area contributed by atoms with Gasteiger partial charge in [0, 0.05) is 18.4 Å². The highest BCUT2D eigenvalue weighted by molar-refractivity contribution is 5.98. The largest absolute Gasteiger partial charge is 0.493 e. The topological polar surface area (TPSA) is 26.3 Å². The Bertz CT molecular complexity index is 671. The molecule has 1 heterocycles. The Morgan fingerprint density at radius 1 is 1.15 bits per heavy atom. The van der Waals surface area contributed by atoms with E-state index in [1.807, 2.05) is 18.2 Å². The number of carbonyl (C=O) groups excluding carboxylic acids is 1. The molecule has 20 heavy (non-hydrogen) atoms. The maximum Gasteiger partial charge on any atom is 0.167 e. The SMILES string of the molecule is Cc1ccc(C)c(CC(=O)c2ccc3c(c2)CCO3)c1. The van der Waals surface area contributed by atoms with E-state index in [2.05, 4.69) is 32.0 Å². The first-order valence-corrected chi connectivity index (χ1v) is 6.98. The van der Waals surface area contributed by atoms with Crippen LogP contribution in [0.2, 0.25) is 0 Å². The van der Waals surface area contributed by atoms with Crippen LogP contribution in [0.4, 0.5) is 0 Å². The molecule has 0 aromatic heterocycles. The molecule has 3 rings (SSSR count). The minimum atomic E-state index is 0.174. The Balaban J connectivity index is 1.84. The van der Waals surface area contributed by atoms with Crippen LogP contribution >= 0.6 is 0 Å². The highest BCUT2D eigenvalue weighted by Crippen LogP contribution is 2.26. The van der Waals surface area contributed by atoms with Gasteiger partial charge in [-0.25, -0.2) is 0 Å². The summed E-state index contributed by atoms with van der Waals surface area (Å²) in [5.41, 5.74) is 5.42. The summed E-state index contributed by atoms with van der Waals surface area (Å²) in [6.07, 6.45) is 1.37. The van der Waals surface area contributed by atoms with Crippen LogP contribution in [0.3, 0.4) is 0 Å². The molecule has 102 valence electrons. The molecule has 0 spiro atoms. The molecule has 0 fully saturated rings. The van der Waals surface area contributed by atoms with E-state index in [9.17, 15) is 4.79 Å². The van der Waals surface area contributed by atoms with E-state index in [-0.39, 0.29) is 5.78 Å². The van der Waals surface area contributed by atoms with E-state index in [4.69, 9.17) is 4.74 Å². The van der Waals surface area contributed by atoms with Gasteiger partial charge in [-0.3, -0.25) is 4.79 Å². The zero-order valence-electron chi connectivity index (χ0n) is 11.9. The number of hydrogen-bond donors (Lipinski definition) is 0. The van der Waals surface area contributed by atoms with Crippen LogP contribution in [0.15, 0.2) is 36.4 Å². The van der Waals surface area contributed by atoms with E-state index in [0.29, 0.717) is 6.42 Å². The van der Waals surface area contributed by atoms with Crippen molar-refractivity contribution in [2.24, 2.45) is 0 Å². The van der Waals surface area contributed by atoms with Crippen LogP contribution in [0.25, 0.3) is 0 Å². The van der Waals surface area contributed by atoms with Crippen molar-refractivity contribution in [3.8, 4) is 5.75 Å². The highest BCUT2D eigenvalue weighted by Gasteiger charge is 2.15. The zero-order valence-corrected chi connectivity index (χ0v) is 11.9. The van der Waals surface area contributed by atoms with Gasteiger partial charge in [-0.2, -0.15) is 0 Å². The van der Waals surface area contributed by atoms with Crippen molar-refractivity contribution in [3.05, 3.63) is 64.2 Å². The summed E-state index contributed by atoms with van der Waals surface area (Å²) in [7, 11) is 0. The van der Waals surface area contributed by atoms with Gasteiger partial charge in [-0.15, -0.1) is 0 Å². The number of benzene rings is 2. The molecule has 0 radical (unpaired) electrons. The number of hydrogen-bond acceptors (Lipinski definition) is 2. The molecule has 0 saturated carbocycles. The van der Waals surface area contributed by atoms with Crippen LogP contribution in [0, 0.1) is 13.8 Å². The van der Waals surface area contributed by atoms with Gasteiger partial charge in [0.15, 0.2) is 5.78 Å². The van der Waals surface area contributed by atoms with E-state index < -0.39 is 0 Å². The molecule has 1 aliphatic heterocycles. The molecule has 0 N–H and O–H groups in total. The first kappa shape index (κ1) is 12.9. The predicted octanol–water partition coefficient (Wildman–Crippen LogP) is 3.66. The summed E-state index contributed by atoms with van der Waals surface area (Å²) in [5.74, 6) is 1.10. The third-order valence-electron chi connectivity index (χ3n) is 3.87. The Hall–Kier alpha value is -2.09. The molecule has 2 aromatic rings. The smallest absolute Gasteiger partial charge is 0.167 e. The third-order valence-corrected chi connectivity index (χ3v) is 3.87. The van der Waals surface area contributed by atoms with E-state index in [0.717, 1.165) is 35.5 Å². The van der Waals surface area contributed by atoms with E-state index >= 15 is 0 Å². The molecule has 1 aliphatic rings. The van der Waals surface area contributed by atoms with Gasteiger partial charge < -0.3 is 4.74 Å². The monoisotopic (exact) mass is 266 g/mol. The Morgan fingerprint density at radius 3 is 2.85 bits per heavy atom. The van der Waals surface area contributed by atoms with Crippen LogP contribution in [0.1, 0.15) is 32.6 Å². The lowest BCUT2D eigenvalue weighted by Crippen LogP contribution is -2.05. The van der Waals surface area contributed by atoms with Crippen LogP contribution in [-0.2, 0) is 12.8 Å². The Morgan fingerprint density at radius 2 is 2.00 bits per heavy atom. The quantitative estimate of drug-likeness (QED) is 0.792.